The predicted molar refractivity (Wildman–Crippen MR) is 70.1 cm³/mol. The lowest BCUT2D eigenvalue weighted by atomic mass is 10.1. The van der Waals surface area contributed by atoms with Gasteiger partial charge >= 0.3 is 5.97 Å². The number of aliphatic carboxylic acids is 1. The van der Waals surface area contributed by atoms with Crippen LogP contribution in [0.5, 0.6) is 0 Å². The van der Waals surface area contributed by atoms with Gasteiger partial charge in [0.15, 0.2) is 6.10 Å². The summed E-state index contributed by atoms with van der Waals surface area (Å²) in [5.74, 6) is -0.995. The first kappa shape index (κ1) is 15.6. The van der Waals surface area contributed by atoms with Crippen LogP contribution < -0.4 is 0 Å². The average molecular weight is 268 g/mol. The van der Waals surface area contributed by atoms with E-state index in [2.05, 4.69) is 0 Å². The lowest BCUT2D eigenvalue weighted by molar-refractivity contribution is -0.151. The van der Waals surface area contributed by atoms with E-state index in [1.807, 2.05) is 6.07 Å². The zero-order valence-corrected chi connectivity index (χ0v) is 11.1. The van der Waals surface area contributed by atoms with Gasteiger partial charge in [-0.15, -0.1) is 0 Å². The third-order valence-corrected chi connectivity index (χ3v) is 2.48. The Hall–Kier alpha value is -1.43. The summed E-state index contributed by atoms with van der Waals surface area (Å²) in [6, 6.07) is 8.88. The molecule has 0 aliphatic carbocycles. The molecule has 0 amide bonds. The molecule has 0 fully saturated rings. The fourth-order valence-electron chi connectivity index (χ4n) is 1.57. The number of rotatable bonds is 10. The predicted octanol–water partition coefficient (Wildman–Crippen LogP) is 1.88. The summed E-state index contributed by atoms with van der Waals surface area (Å²) in [4.78, 5) is 11.1. The van der Waals surface area contributed by atoms with Gasteiger partial charge in [0.1, 0.15) is 0 Å². The number of hydrogen-bond donors (Lipinski definition) is 1. The number of methoxy groups -OCH3 is 1. The van der Waals surface area contributed by atoms with Crippen molar-refractivity contribution in [2.45, 2.75) is 12.5 Å². The summed E-state index contributed by atoms with van der Waals surface area (Å²) in [5, 5.41) is 9.12. The molecule has 0 bridgehead atoms. The van der Waals surface area contributed by atoms with E-state index in [0.717, 1.165) is 6.42 Å². The maximum Gasteiger partial charge on any atom is 0.337 e. The van der Waals surface area contributed by atoms with Crippen LogP contribution in [0.1, 0.15) is 18.1 Å². The molecule has 0 saturated heterocycles. The van der Waals surface area contributed by atoms with E-state index in [1.54, 1.807) is 31.4 Å². The number of hydrogen-bond acceptors (Lipinski definition) is 4. The van der Waals surface area contributed by atoms with Crippen LogP contribution in [0.4, 0.5) is 0 Å². The van der Waals surface area contributed by atoms with Gasteiger partial charge in [0, 0.05) is 20.3 Å². The second-order valence-corrected chi connectivity index (χ2v) is 3.96. The van der Waals surface area contributed by atoms with Crippen molar-refractivity contribution in [1.29, 1.82) is 0 Å². The van der Waals surface area contributed by atoms with Gasteiger partial charge in [-0.3, -0.25) is 0 Å². The average Bonchev–Trinajstić information content (AvgIpc) is 2.42. The van der Waals surface area contributed by atoms with Crippen LogP contribution in [0.15, 0.2) is 30.3 Å². The molecule has 0 aliphatic rings. The Morgan fingerprint density at radius 3 is 2.53 bits per heavy atom. The highest BCUT2D eigenvalue weighted by Gasteiger charge is 2.19. The standard InChI is InChI=1S/C14H20O5/c1-17-8-5-9-18-10-11-19-13(14(15)16)12-6-3-2-4-7-12/h2-4,6-7,13H,5,8-11H2,1H3,(H,15,16). The Balaban J connectivity index is 2.26. The van der Waals surface area contributed by atoms with E-state index in [0.29, 0.717) is 25.4 Å². The number of ether oxygens (including phenoxy) is 3. The van der Waals surface area contributed by atoms with Crippen LogP contribution in [-0.4, -0.2) is 44.6 Å². The Kier molecular flexibility index (Phi) is 7.81. The highest BCUT2D eigenvalue weighted by Crippen LogP contribution is 2.16. The van der Waals surface area contributed by atoms with Gasteiger partial charge in [-0.05, 0) is 12.0 Å². The molecule has 0 radical (unpaired) electrons. The third kappa shape index (κ3) is 6.33. The molecule has 19 heavy (non-hydrogen) atoms. The minimum absolute atomic E-state index is 0.249. The Labute approximate surface area is 113 Å². The van der Waals surface area contributed by atoms with E-state index in [4.69, 9.17) is 19.3 Å². The molecule has 5 nitrogen and oxygen atoms in total. The van der Waals surface area contributed by atoms with Crippen molar-refractivity contribution in [2.24, 2.45) is 0 Å². The molecule has 1 atom stereocenters. The zero-order valence-electron chi connectivity index (χ0n) is 11.1. The first-order valence-electron chi connectivity index (χ1n) is 6.21. The molecule has 1 aromatic rings. The molecule has 106 valence electrons. The molecular weight excluding hydrogens is 248 g/mol. The second-order valence-electron chi connectivity index (χ2n) is 3.96. The fourth-order valence-corrected chi connectivity index (χ4v) is 1.57. The Morgan fingerprint density at radius 2 is 1.89 bits per heavy atom. The maximum atomic E-state index is 11.1. The summed E-state index contributed by atoms with van der Waals surface area (Å²) in [5.41, 5.74) is 0.634. The van der Waals surface area contributed by atoms with Crippen LogP contribution in [-0.2, 0) is 19.0 Å². The molecular formula is C14H20O5. The summed E-state index contributed by atoms with van der Waals surface area (Å²) in [6.07, 6.45) is -0.124. The van der Waals surface area contributed by atoms with E-state index in [1.165, 1.54) is 0 Å². The van der Waals surface area contributed by atoms with Crippen LogP contribution >= 0.6 is 0 Å². The zero-order chi connectivity index (χ0) is 13.9. The minimum Gasteiger partial charge on any atom is -0.479 e. The molecule has 5 heteroatoms. The van der Waals surface area contributed by atoms with Gasteiger partial charge in [0.2, 0.25) is 0 Å². The highest BCUT2D eigenvalue weighted by molar-refractivity contribution is 5.74. The summed E-state index contributed by atoms with van der Waals surface area (Å²) < 4.78 is 15.5. The van der Waals surface area contributed by atoms with E-state index < -0.39 is 12.1 Å². The molecule has 0 heterocycles. The van der Waals surface area contributed by atoms with Gasteiger partial charge in [-0.1, -0.05) is 30.3 Å². The topological polar surface area (TPSA) is 65.0 Å². The van der Waals surface area contributed by atoms with Crippen molar-refractivity contribution in [1.82, 2.24) is 0 Å². The first-order chi connectivity index (χ1) is 9.25. The maximum absolute atomic E-state index is 11.1. The highest BCUT2D eigenvalue weighted by atomic mass is 16.5. The van der Waals surface area contributed by atoms with Crippen molar-refractivity contribution in [3.05, 3.63) is 35.9 Å². The first-order valence-corrected chi connectivity index (χ1v) is 6.21. The van der Waals surface area contributed by atoms with Gasteiger partial charge in [-0.25, -0.2) is 4.79 Å². The minimum atomic E-state index is -0.995. The van der Waals surface area contributed by atoms with Crippen molar-refractivity contribution < 1.29 is 24.1 Å². The Morgan fingerprint density at radius 1 is 1.16 bits per heavy atom. The quantitative estimate of drug-likeness (QED) is 0.656. The van der Waals surface area contributed by atoms with E-state index in [9.17, 15) is 4.79 Å². The van der Waals surface area contributed by atoms with Crippen molar-refractivity contribution in [3.63, 3.8) is 0 Å². The van der Waals surface area contributed by atoms with Crippen LogP contribution in [0.25, 0.3) is 0 Å². The largest absolute Gasteiger partial charge is 0.479 e. The van der Waals surface area contributed by atoms with Gasteiger partial charge in [0.05, 0.1) is 13.2 Å². The van der Waals surface area contributed by atoms with Crippen molar-refractivity contribution >= 4 is 5.97 Å². The van der Waals surface area contributed by atoms with Gasteiger partial charge in [-0.2, -0.15) is 0 Å². The lowest BCUT2D eigenvalue weighted by Gasteiger charge is -2.14. The monoisotopic (exact) mass is 268 g/mol. The lowest BCUT2D eigenvalue weighted by Crippen LogP contribution is -2.18. The van der Waals surface area contributed by atoms with Gasteiger partial charge < -0.3 is 19.3 Å². The molecule has 0 aromatic heterocycles. The SMILES string of the molecule is COCCCOCCOC(C(=O)O)c1ccccc1. The summed E-state index contributed by atoms with van der Waals surface area (Å²) in [6.45, 7) is 1.86. The number of carboxylic acids is 1. The number of benzene rings is 1. The van der Waals surface area contributed by atoms with E-state index in [-0.39, 0.29) is 6.61 Å². The van der Waals surface area contributed by atoms with E-state index >= 15 is 0 Å². The number of carboxylic acid groups (broad SMARTS) is 1. The molecule has 0 saturated carbocycles. The molecule has 0 spiro atoms. The molecule has 1 aromatic carbocycles. The summed E-state index contributed by atoms with van der Waals surface area (Å²) >= 11 is 0. The molecule has 1 rings (SSSR count). The van der Waals surface area contributed by atoms with Crippen molar-refractivity contribution in [3.8, 4) is 0 Å². The smallest absolute Gasteiger partial charge is 0.337 e. The Bertz CT molecular complexity index is 352. The second kappa shape index (κ2) is 9.49. The van der Waals surface area contributed by atoms with Gasteiger partial charge in [0.25, 0.3) is 0 Å². The molecule has 0 aliphatic heterocycles. The summed E-state index contributed by atoms with van der Waals surface area (Å²) in [7, 11) is 1.64. The van der Waals surface area contributed by atoms with Crippen LogP contribution in [0.3, 0.4) is 0 Å². The molecule has 1 N–H and O–H groups in total. The van der Waals surface area contributed by atoms with Crippen LogP contribution in [0.2, 0.25) is 0 Å². The van der Waals surface area contributed by atoms with Crippen LogP contribution in [0, 0.1) is 0 Å². The molecule has 1 unspecified atom stereocenters. The normalized spacial score (nSPS) is 12.3. The van der Waals surface area contributed by atoms with Crippen molar-refractivity contribution in [2.75, 3.05) is 33.5 Å². The third-order valence-electron chi connectivity index (χ3n) is 2.48. The fraction of sp³-hybridized carbons (Fsp3) is 0.500. The number of carbonyl (C=O) groups is 1.